The minimum absolute atomic E-state index is 0.273. The molecule has 0 unspecified atom stereocenters. The molecular weight excluding hydrogens is 230 g/mol. The van der Waals surface area contributed by atoms with E-state index < -0.39 is 0 Å². The first kappa shape index (κ1) is 12.1. The summed E-state index contributed by atoms with van der Waals surface area (Å²) in [4.78, 5) is 14.9. The number of carbonyl (C=O) groups is 1. The molecule has 0 aliphatic heterocycles. The second-order valence-electron chi connectivity index (χ2n) is 3.77. The number of rotatable bonds is 4. The first-order chi connectivity index (χ1) is 8.74. The van der Waals surface area contributed by atoms with Crippen molar-refractivity contribution in [3.63, 3.8) is 0 Å². The number of carbonyl (C=O) groups excluding carboxylic acids is 1. The van der Waals surface area contributed by atoms with Crippen LogP contribution in [0.4, 0.5) is 0 Å². The van der Waals surface area contributed by atoms with E-state index in [9.17, 15) is 4.79 Å². The number of aldehydes is 1. The first-order valence-electron chi connectivity index (χ1n) is 5.47. The predicted molar refractivity (Wildman–Crippen MR) is 67.4 cm³/mol. The molecule has 18 heavy (non-hydrogen) atoms. The molecule has 1 heterocycles. The Kier molecular flexibility index (Phi) is 3.57. The molecule has 0 radical (unpaired) electrons. The largest absolute Gasteiger partial charge is 0.493 e. The Hall–Kier alpha value is -2.36. The van der Waals surface area contributed by atoms with Gasteiger partial charge in [-0.05, 0) is 36.8 Å². The Morgan fingerprint density at radius 2 is 2.06 bits per heavy atom. The van der Waals surface area contributed by atoms with E-state index in [2.05, 4.69) is 4.98 Å². The lowest BCUT2D eigenvalue weighted by atomic mass is 10.2. The first-order valence-corrected chi connectivity index (χ1v) is 5.47. The molecule has 4 nitrogen and oxygen atoms in total. The molecule has 2 aromatic rings. The summed E-state index contributed by atoms with van der Waals surface area (Å²) in [6.07, 6.45) is 2.28. The van der Waals surface area contributed by atoms with E-state index in [4.69, 9.17) is 9.47 Å². The van der Waals surface area contributed by atoms with E-state index in [-0.39, 0.29) is 5.88 Å². The van der Waals surface area contributed by atoms with Gasteiger partial charge in [0.1, 0.15) is 0 Å². The summed E-state index contributed by atoms with van der Waals surface area (Å²) in [6, 6.07) is 8.89. The van der Waals surface area contributed by atoms with Crippen LogP contribution in [0.3, 0.4) is 0 Å². The summed E-state index contributed by atoms with van der Waals surface area (Å²) in [5, 5.41) is 0. The van der Waals surface area contributed by atoms with Crippen molar-refractivity contribution < 1.29 is 14.3 Å². The summed E-state index contributed by atoms with van der Waals surface area (Å²) in [7, 11) is 1.57. The number of ether oxygens (including phenoxy) is 2. The fourth-order valence-electron chi connectivity index (χ4n) is 1.54. The second kappa shape index (κ2) is 5.31. The van der Waals surface area contributed by atoms with E-state index in [1.807, 2.05) is 19.1 Å². The average molecular weight is 243 g/mol. The van der Waals surface area contributed by atoms with Crippen molar-refractivity contribution in [2.24, 2.45) is 0 Å². The monoisotopic (exact) mass is 243 g/mol. The number of nitrogens with zero attached hydrogens (tertiary/aromatic N) is 1. The van der Waals surface area contributed by atoms with Crippen molar-refractivity contribution in [3.05, 3.63) is 47.7 Å². The molecule has 0 aliphatic rings. The molecule has 92 valence electrons. The predicted octanol–water partition coefficient (Wildman–Crippen LogP) is 3.00. The van der Waals surface area contributed by atoms with E-state index in [0.717, 1.165) is 5.56 Å². The van der Waals surface area contributed by atoms with Crippen molar-refractivity contribution in [3.8, 4) is 17.4 Å². The molecule has 0 N–H and O–H groups in total. The maximum Gasteiger partial charge on any atom is 0.229 e. The van der Waals surface area contributed by atoms with Gasteiger partial charge in [-0.3, -0.25) is 4.79 Å². The third-order valence-corrected chi connectivity index (χ3v) is 2.45. The van der Waals surface area contributed by atoms with Crippen molar-refractivity contribution in [1.82, 2.24) is 4.98 Å². The van der Waals surface area contributed by atoms with Crippen LogP contribution in [0.2, 0.25) is 0 Å². The maximum atomic E-state index is 10.9. The summed E-state index contributed by atoms with van der Waals surface area (Å²) >= 11 is 0. The highest BCUT2D eigenvalue weighted by Crippen LogP contribution is 2.32. The highest BCUT2D eigenvalue weighted by molar-refractivity contribution is 5.78. The lowest BCUT2D eigenvalue weighted by Crippen LogP contribution is -1.95. The van der Waals surface area contributed by atoms with Gasteiger partial charge >= 0.3 is 0 Å². The molecule has 2 rings (SSSR count). The maximum absolute atomic E-state index is 10.9. The summed E-state index contributed by atoms with van der Waals surface area (Å²) in [5.74, 6) is 1.41. The van der Waals surface area contributed by atoms with Gasteiger partial charge in [-0.1, -0.05) is 6.07 Å². The number of hydrogen-bond donors (Lipinski definition) is 0. The van der Waals surface area contributed by atoms with Gasteiger partial charge in [0.2, 0.25) is 5.88 Å². The molecule has 0 fully saturated rings. The lowest BCUT2D eigenvalue weighted by molar-refractivity contribution is 0.112. The van der Waals surface area contributed by atoms with Crippen molar-refractivity contribution >= 4 is 6.29 Å². The molecule has 0 bridgehead atoms. The zero-order chi connectivity index (χ0) is 13.0. The Bertz CT molecular complexity index is 567. The van der Waals surface area contributed by atoms with E-state index in [0.29, 0.717) is 23.3 Å². The number of aromatic nitrogens is 1. The minimum Gasteiger partial charge on any atom is -0.493 e. The van der Waals surface area contributed by atoms with Crippen LogP contribution in [-0.4, -0.2) is 18.4 Å². The van der Waals surface area contributed by atoms with Crippen LogP contribution < -0.4 is 9.47 Å². The van der Waals surface area contributed by atoms with Crippen LogP contribution in [0.25, 0.3) is 0 Å². The Morgan fingerprint density at radius 1 is 1.22 bits per heavy atom. The van der Waals surface area contributed by atoms with Crippen LogP contribution in [0, 0.1) is 6.92 Å². The van der Waals surface area contributed by atoms with Crippen LogP contribution in [0.15, 0.2) is 36.5 Å². The normalized spacial score (nSPS) is 9.89. The summed E-state index contributed by atoms with van der Waals surface area (Å²) < 4.78 is 10.8. The van der Waals surface area contributed by atoms with Gasteiger partial charge in [-0.15, -0.1) is 0 Å². The third-order valence-electron chi connectivity index (χ3n) is 2.45. The lowest BCUT2D eigenvalue weighted by Gasteiger charge is -2.11. The van der Waals surface area contributed by atoms with E-state index in [1.165, 1.54) is 0 Å². The van der Waals surface area contributed by atoms with Crippen LogP contribution in [0.5, 0.6) is 17.4 Å². The standard InChI is InChI=1S/C14H13NO3/c1-10-5-6-12(13(8-10)17-2)18-14-11(9-16)4-3-7-15-14/h3-9H,1-2H3. The van der Waals surface area contributed by atoms with Gasteiger partial charge in [0.15, 0.2) is 17.8 Å². The van der Waals surface area contributed by atoms with Crippen LogP contribution in [0.1, 0.15) is 15.9 Å². The Morgan fingerprint density at radius 3 is 2.78 bits per heavy atom. The summed E-state index contributed by atoms with van der Waals surface area (Å²) in [5.41, 5.74) is 1.47. The van der Waals surface area contributed by atoms with Crippen molar-refractivity contribution in [1.29, 1.82) is 0 Å². The number of hydrogen-bond acceptors (Lipinski definition) is 4. The van der Waals surface area contributed by atoms with Crippen molar-refractivity contribution in [2.75, 3.05) is 7.11 Å². The molecule has 0 saturated carbocycles. The second-order valence-corrected chi connectivity index (χ2v) is 3.77. The zero-order valence-corrected chi connectivity index (χ0v) is 10.2. The molecule has 0 saturated heterocycles. The minimum atomic E-state index is 0.273. The molecule has 0 atom stereocenters. The number of benzene rings is 1. The molecule has 0 aliphatic carbocycles. The molecule has 0 spiro atoms. The van der Waals surface area contributed by atoms with Gasteiger partial charge in [0.05, 0.1) is 12.7 Å². The van der Waals surface area contributed by atoms with Crippen molar-refractivity contribution in [2.45, 2.75) is 6.92 Å². The smallest absolute Gasteiger partial charge is 0.229 e. The average Bonchev–Trinajstić information content (AvgIpc) is 2.41. The molecule has 4 heteroatoms. The molecular formula is C14H13NO3. The van der Waals surface area contributed by atoms with Gasteiger partial charge < -0.3 is 9.47 Å². The van der Waals surface area contributed by atoms with Gasteiger partial charge in [0.25, 0.3) is 0 Å². The summed E-state index contributed by atoms with van der Waals surface area (Å²) in [6.45, 7) is 1.96. The molecule has 1 aromatic carbocycles. The third kappa shape index (κ3) is 2.48. The fourth-order valence-corrected chi connectivity index (χ4v) is 1.54. The quantitative estimate of drug-likeness (QED) is 0.774. The van der Waals surface area contributed by atoms with Crippen LogP contribution in [-0.2, 0) is 0 Å². The number of pyridine rings is 1. The van der Waals surface area contributed by atoms with E-state index in [1.54, 1.807) is 31.5 Å². The topological polar surface area (TPSA) is 48.4 Å². The fraction of sp³-hybridized carbons (Fsp3) is 0.143. The zero-order valence-electron chi connectivity index (χ0n) is 10.2. The van der Waals surface area contributed by atoms with E-state index >= 15 is 0 Å². The number of methoxy groups -OCH3 is 1. The van der Waals surface area contributed by atoms with Gasteiger partial charge in [-0.25, -0.2) is 4.98 Å². The molecule has 0 amide bonds. The highest BCUT2D eigenvalue weighted by Gasteiger charge is 2.09. The van der Waals surface area contributed by atoms with Crippen LogP contribution >= 0.6 is 0 Å². The molecule has 1 aromatic heterocycles. The Balaban J connectivity index is 2.36. The van der Waals surface area contributed by atoms with Gasteiger partial charge in [0, 0.05) is 6.20 Å². The van der Waals surface area contributed by atoms with Gasteiger partial charge in [-0.2, -0.15) is 0 Å². The highest BCUT2D eigenvalue weighted by atomic mass is 16.5. The number of aryl methyl sites for hydroxylation is 1. The SMILES string of the molecule is COc1cc(C)ccc1Oc1ncccc1C=O. The Labute approximate surface area is 105 Å².